The van der Waals surface area contributed by atoms with Gasteiger partial charge in [0, 0.05) is 12.0 Å². The first-order chi connectivity index (χ1) is 7.77. The minimum Gasteiger partial charge on any atom is -0.490 e. The molecule has 0 atom stereocenters. The Hall–Kier alpha value is -1.53. The van der Waals surface area contributed by atoms with E-state index in [-0.39, 0.29) is 18.2 Å². The molecule has 16 heavy (non-hydrogen) atoms. The van der Waals surface area contributed by atoms with Gasteiger partial charge in [0.2, 0.25) is 0 Å². The van der Waals surface area contributed by atoms with E-state index in [0.717, 1.165) is 6.42 Å². The molecule has 0 spiro atoms. The first-order valence-corrected chi connectivity index (χ1v) is 5.30. The molecule has 0 aliphatic carbocycles. The summed E-state index contributed by atoms with van der Waals surface area (Å²) < 4.78 is 18.5. The molecule has 0 aliphatic rings. The molecule has 0 heterocycles. The maximum atomic E-state index is 13.3. The van der Waals surface area contributed by atoms with E-state index in [0.29, 0.717) is 18.6 Å². The van der Waals surface area contributed by atoms with Crippen molar-refractivity contribution in [1.29, 1.82) is 0 Å². The van der Waals surface area contributed by atoms with Crippen LogP contribution in [0.4, 0.5) is 4.39 Å². The van der Waals surface area contributed by atoms with Crippen molar-refractivity contribution < 1.29 is 14.2 Å². The van der Waals surface area contributed by atoms with E-state index < -0.39 is 0 Å². The lowest BCUT2D eigenvalue weighted by atomic mass is 10.2. The fourth-order valence-corrected chi connectivity index (χ4v) is 1.12. The standard InChI is InChI=1S/C13H15FO2/c1-2-9-16-13-10-11(5-3-4-8-15)6-7-12(13)14/h6-7,10,15H,2,4,8-9H2,1H3. The number of benzene rings is 1. The van der Waals surface area contributed by atoms with Crippen LogP contribution < -0.4 is 4.74 Å². The van der Waals surface area contributed by atoms with Crippen molar-refractivity contribution in [2.24, 2.45) is 0 Å². The maximum Gasteiger partial charge on any atom is 0.165 e. The average Bonchev–Trinajstić information content (AvgIpc) is 2.30. The molecule has 1 aromatic rings. The molecule has 0 radical (unpaired) electrons. The van der Waals surface area contributed by atoms with Gasteiger partial charge in [0.05, 0.1) is 13.2 Å². The zero-order chi connectivity index (χ0) is 11.8. The molecule has 0 aliphatic heterocycles. The van der Waals surface area contributed by atoms with E-state index in [4.69, 9.17) is 9.84 Å². The van der Waals surface area contributed by atoms with Gasteiger partial charge in [-0.3, -0.25) is 0 Å². The Bertz CT molecular complexity index is 391. The Labute approximate surface area is 95.1 Å². The van der Waals surface area contributed by atoms with E-state index in [1.807, 2.05) is 6.92 Å². The molecule has 1 aromatic carbocycles. The molecule has 1 N–H and O–H groups in total. The lowest BCUT2D eigenvalue weighted by Gasteiger charge is -2.05. The highest BCUT2D eigenvalue weighted by molar-refractivity contribution is 5.40. The van der Waals surface area contributed by atoms with Crippen LogP contribution in [0.1, 0.15) is 25.3 Å². The minimum absolute atomic E-state index is 0.0351. The molecule has 0 saturated heterocycles. The van der Waals surface area contributed by atoms with Crippen LogP contribution in [0.15, 0.2) is 18.2 Å². The Morgan fingerprint density at radius 2 is 2.25 bits per heavy atom. The van der Waals surface area contributed by atoms with Crippen molar-refractivity contribution in [3.8, 4) is 17.6 Å². The summed E-state index contributed by atoms with van der Waals surface area (Å²) in [5.41, 5.74) is 0.695. The number of aliphatic hydroxyl groups is 1. The molecule has 86 valence electrons. The molecule has 0 fully saturated rings. The number of aliphatic hydroxyl groups excluding tert-OH is 1. The highest BCUT2D eigenvalue weighted by Crippen LogP contribution is 2.18. The summed E-state index contributed by atoms with van der Waals surface area (Å²) >= 11 is 0. The van der Waals surface area contributed by atoms with Gasteiger partial charge in [-0.15, -0.1) is 0 Å². The van der Waals surface area contributed by atoms with Gasteiger partial charge in [-0.25, -0.2) is 4.39 Å². The third-order valence-electron chi connectivity index (χ3n) is 1.86. The molecular weight excluding hydrogens is 207 g/mol. The number of ether oxygens (including phenoxy) is 1. The zero-order valence-corrected chi connectivity index (χ0v) is 9.29. The number of hydrogen-bond donors (Lipinski definition) is 1. The Morgan fingerprint density at radius 3 is 2.94 bits per heavy atom. The van der Waals surface area contributed by atoms with Gasteiger partial charge in [0.15, 0.2) is 11.6 Å². The molecular formula is C13H15FO2. The molecule has 0 bridgehead atoms. The SMILES string of the molecule is CCCOc1cc(C#CCCO)ccc1F. The van der Waals surface area contributed by atoms with Crippen LogP contribution in [-0.2, 0) is 0 Å². The Kier molecular flexibility index (Phi) is 5.38. The van der Waals surface area contributed by atoms with Crippen molar-refractivity contribution in [2.75, 3.05) is 13.2 Å². The van der Waals surface area contributed by atoms with Crippen LogP contribution >= 0.6 is 0 Å². The second-order valence-corrected chi connectivity index (χ2v) is 3.27. The van der Waals surface area contributed by atoms with Crippen molar-refractivity contribution >= 4 is 0 Å². The van der Waals surface area contributed by atoms with Crippen molar-refractivity contribution in [3.63, 3.8) is 0 Å². The third-order valence-corrected chi connectivity index (χ3v) is 1.86. The van der Waals surface area contributed by atoms with E-state index in [1.165, 1.54) is 6.07 Å². The monoisotopic (exact) mass is 222 g/mol. The topological polar surface area (TPSA) is 29.5 Å². The van der Waals surface area contributed by atoms with Crippen LogP contribution in [0.5, 0.6) is 5.75 Å². The maximum absolute atomic E-state index is 13.3. The van der Waals surface area contributed by atoms with Gasteiger partial charge in [-0.2, -0.15) is 0 Å². The fourth-order valence-electron chi connectivity index (χ4n) is 1.12. The first-order valence-electron chi connectivity index (χ1n) is 5.30. The van der Waals surface area contributed by atoms with Gasteiger partial charge in [-0.05, 0) is 24.6 Å². The summed E-state index contributed by atoms with van der Waals surface area (Å²) in [6.45, 7) is 2.49. The highest BCUT2D eigenvalue weighted by atomic mass is 19.1. The van der Waals surface area contributed by atoms with Crippen LogP contribution in [0.25, 0.3) is 0 Å². The predicted molar refractivity (Wildman–Crippen MR) is 60.8 cm³/mol. The normalized spacial score (nSPS) is 9.44. The molecule has 0 unspecified atom stereocenters. The molecule has 0 aromatic heterocycles. The smallest absolute Gasteiger partial charge is 0.165 e. The fraction of sp³-hybridized carbons (Fsp3) is 0.385. The molecule has 3 heteroatoms. The van der Waals surface area contributed by atoms with Crippen molar-refractivity contribution in [2.45, 2.75) is 19.8 Å². The molecule has 2 nitrogen and oxygen atoms in total. The summed E-state index contributed by atoms with van der Waals surface area (Å²) in [4.78, 5) is 0. The van der Waals surface area contributed by atoms with E-state index >= 15 is 0 Å². The van der Waals surface area contributed by atoms with Gasteiger partial charge in [0.25, 0.3) is 0 Å². The van der Waals surface area contributed by atoms with Gasteiger partial charge >= 0.3 is 0 Å². The zero-order valence-electron chi connectivity index (χ0n) is 9.29. The second kappa shape index (κ2) is 6.86. The number of rotatable bonds is 4. The summed E-state index contributed by atoms with van der Waals surface area (Å²) in [6, 6.07) is 4.52. The minimum atomic E-state index is -0.374. The summed E-state index contributed by atoms with van der Waals surface area (Å²) in [7, 11) is 0. The molecule has 1 rings (SSSR count). The predicted octanol–water partition coefficient (Wildman–Crippen LogP) is 2.35. The molecule has 0 saturated carbocycles. The lowest BCUT2D eigenvalue weighted by Crippen LogP contribution is -1.97. The molecule has 0 amide bonds. The first kappa shape index (κ1) is 12.5. The van der Waals surface area contributed by atoms with E-state index in [9.17, 15) is 4.39 Å². The van der Waals surface area contributed by atoms with Gasteiger partial charge in [-0.1, -0.05) is 18.8 Å². The quantitative estimate of drug-likeness (QED) is 0.792. The van der Waals surface area contributed by atoms with Crippen molar-refractivity contribution in [1.82, 2.24) is 0 Å². The highest BCUT2D eigenvalue weighted by Gasteiger charge is 2.02. The summed E-state index contributed by atoms with van der Waals surface area (Å²) in [5.74, 6) is 5.47. The number of hydrogen-bond acceptors (Lipinski definition) is 2. The van der Waals surface area contributed by atoms with Crippen LogP contribution in [-0.4, -0.2) is 18.3 Å². The van der Waals surface area contributed by atoms with E-state index in [1.54, 1.807) is 12.1 Å². The average molecular weight is 222 g/mol. The summed E-state index contributed by atoms with van der Waals surface area (Å²) in [5, 5.41) is 8.57. The Balaban J connectivity index is 2.77. The van der Waals surface area contributed by atoms with Gasteiger partial charge in [0.1, 0.15) is 0 Å². The number of halogens is 1. The second-order valence-electron chi connectivity index (χ2n) is 3.27. The van der Waals surface area contributed by atoms with Crippen LogP contribution in [0.2, 0.25) is 0 Å². The van der Waals surface area contributed by atoms with E-state index in [2.05, 4.69) is 11.8 Å². The van der Waals surface area contributed by atoms with Gasteiger partial charge < -0.3 is 9.84 Å². The van der Waals surface area contributed by atoms with Crippen LogP contribution in [0.3, 0.4) is 0 Å². The summed E-state index contributed by atoms with van der Waals surface area (Å²) in [6.07, 6.45) is 1.25. The third kappa shape index (κ3) is 3.92. The Morgan fingerprint density at radius 1 is 1.44 bits per heavy atom. The van der Waals surface area contributed by atoms with Crippen molar-refractivity contribution in [3.05, 3.63) is 29.6 Å². The van der Waals surface area contributed by atoms with Crippen LogP contribution in [0, 0.1) is 17.7 Å². The largest absolute Gasteiger partial charge is 0.490 e. The lowest BCUT2D eigenvalue weighted by molar-refractivity contribution is 0.301.